The summed E-state index contributed by atoms with van der Waals surface area (Å²) in [5.41, 5.74) is 2.79. The fourth-order valence-corrected chi connectivity index (χ4v) is 4.41. The molecule has 2 N–H and O–H groups in total. The van der Waals surface area contributed by atoms with Gasteiger partial charge in [-0.3, -0.25) is 0 Å². The molecule has 0 bridgehead atoms. The molecule has 0 amide bonds. The summed E-state index contributed by atoms with van der Waals surface area (Å²) in [4.78, 5) is 2.36. The fraction of sp³-hybridized carbons (Fsp3) is 0.680. The van der Waals surface area contributed by atoms with Crippen molar-refractivity contribution in [3.05, 3.63) is 35.4 Å². The first-order valence-electron chi connectivity index (χ1n) is 11.8. The smallest absolute Gasteiger partial charge is 0.161 e. The van der Waals surface area contributed by atoms with Crippen molar-refractivity contribution in [1.29, 1.82) is 0 Å². The second-order valence-electron chi connectivity index (χ2n) is 8.70. The maximum Gasteiger partial charge on any atom is 0.161 e. The van der Waals surface area contributed by atoms with Gasteiger partial charge in [-0.25, -0.2) is 0 Å². The Labute approximate surface area is 182 Å². The average molecular weight is 417 g/mol. The number of likely N-dealkylation sites (tertiary alicyclic amines) is 1. The first-order valence-corrected chi connectivity index (χ1v) is 11.8. The van der Waals surface area contributed by atoms with Crippen LogP contribution in [-0.2, 0) is 6.54 Å². The van der Waals surface area contributed by atoms with E-state index in [0.717, 1.165) is 38.3 Å². The molecule has 5 heteroatoms. The minimum Gasteiger partial charge on any atom is -0.493 e. The molecule has 1 saturated heterocycles. The lowest BCUT2D eigenvalue weighted by atomic mass is 9.97. The van der Waals surface area contributed by atoms with Crippen molar-refractivity contribution >= 4 is 0 Å². The van der Waals surface area contributed by atoms with Crippen molar-refractivity contribution in [3.63, 3.8) is 0 Å². The highest BCUT2D eigenvalue weighted by atomic mass is 16.5. The van der Waals surface area contributed by atoms with Crippen LogP contribution in [0.4, 0.5) is 0 Å². The molecule has 1 aliphatic heterocycles. The van der Waals surface area contributed by atoms with Gasteiger partial charge in [-0.15, -0.1) is 0 Å². The Kier molecular flexibility index (Phi) is 10.0. The van der Waals surface area contributed by atoms with Crippen LogP contribution in [0.3, 0.4) is 0 Å². The number of hydrogen-bond donors (Lipinski definition) is 2. The number of methoxy groups -OCH3 is 1. The van der Waals surface area contributed by atoms with Gasteiger partial charge in [0.25, 0.3) is 0 Å². The topological polar surface area (TPSA) is 54.0 Å². The summed E-state index contributed by atoms with van der Waals surface area (Å²) in [6.45, 7) is 4.97. The van der Waals surface area contributed by atoms with Gasteiger partial charge in [0.05, 0.1) is 7.11 Å². The Morgan fingerprint density at radius 3 is 2.63 bits per heavy atom. The van der Waals surface area contributed by atoms with Crippen molar-refractivity contribution in [2.45, 2.75) is 70.4 Å². The van der Waals surface area contributed by atoms with Gasteiger partial charge in [-0.05, 0) is 82.3 Å². The number of ether oxygens (including phenoxy) is 2. The van der Waals surface area contributed by atoms with E-state index in [4.69, 9.17) is 9.47 Å². The average Bonchev–Trinajstić information content (AvgIpc) is 3.05. The molecule has 0 spiro atoms. The zero-order chi connectivity index (χ0) is 21.0. The number of hydrogen-bond acceptors (Lipinski definition) is 5. The molecule has 1 atom stereocenters. The summed E-state index contributed by atoms with van der Waals surface area (Å²) in [5, 5.41) is 13.9. The van der Waals surface area contributed by atoms with Gasteiger partial charge in [0, 0.05) is 13.1 Å². The quantitative estimate of drug-likeness (QED) is 0.416. The summed E-state index contributed by atoms with van der Waals surface area (Å²) in [6, 6.07) is 6.06. The molecule has 0 radical (unpaired) electrons. The SMILES string of the molecule is COc1cc(CNCCC2=CCCCC2)ccc1OCC(O)CN1CCCCCC1. The van der Waals surface area contributed by atoms with Crippen LogP contribution < -0.4 is 14.8 Å². The highest BCUT2D eigenvalue weighted by molar-refractivity contribution is 5.43. The van der Waals surface area contributed by atoms with E-state index in [9.17, 15) is 5.11 Å². The summed E-state index contributed by atoms with van der Waals surface area (Å²) in [7, 11) is 1.67. The maximum absolute atomic E-state index is 10.4. The first-order chi connectivity index (χ1) is 14.7. The van der Waals surface area contributed by atoms with E-state index in [-0.39, 0.29) is 0 Å². The second-order valence-corrected chi connectivity index (χ2v) is 8.70. The van der Waals surface area contributed by atoms with Crippen molar-refractivity contribution in [3.8, 4) is 11.5 Å². The lowest BCUT2D eigenvalue weighted by molar-refractivity contribution is 0.0683. The van der Waals surface area contributed by atoms with Crippen LogP contribution in [0.25, 0.3) is 0 Å². The lowest BCUT2D eigenvalue weighted by Crippen LogP contribution is -2.36. The number of benzene rings is 1. The van der Waals surface area contributed by atoms with Gasteiger partial charge < -0.3 is 24.8 Å². The standard InChI is InChI=1S/C25H40N2O3/c1-29-25-17-22(18-26-14-13-21-9-5-4-6-10-21)11-12-24(25)30-20-23(28)19-27-15-7-2-3-8-16-27/h9,11-12,17,23,26,28H,2-8,10,13-16,18-20H2,1H3. The Balaban J connectivity index is 1.41. The highest BCUT2D eigenvalue weighted by Crippen LogP contribution is 2.28. The van der Waals surface area contributed by atoms with Gasteiger partial charge in [-0.1, -0.05) is 30.6 Å². The number of allylic oxidation sites excluding steroid dienone is 1. The third-order valence-corrected chi connectivity index (χ3v) is 6.16. The van der Waals surface area contributed by atoms with E-state index in [1.165, 1.54) is 56.9 Å². The Hall–Kier alpha value is -1.56. The molecule has 1 heterocycles. The fourth-order valence-electron chi connectivity index (χ4n) is 4.41. The summed E-state index contributed by atoms with van der Waals surface area (Å²) in [5.74, 6) is 1.43. The molecule has 2 aliphatic rings. The minimum absolute atomic E-state index is 0.291. The maximum atomic E-state index is 10.4. The van der Waals surface area contributed by atoms with Gasteiger partial charge in [0.15, 0.2) is 11.5 Å². The van der Waals surface area contributed by atoms with E-state index in [1.54, 1.807) is 12.7 Å². The molecule has 30 heavy (non-hydrogen) atoms. The number of aliphatic hydroxyl groups is 1. The van der Waals surface area contributed by atoms with Crippen molar-refractivity contribution in [2.24, 2.45) is 0 Å². The highest BCUT2D eigenvalue weighted by Gasteiger charge is 2.15. The van der Waals surface area contributed by atoms with Gasteiger partial charge in [-0.2, -0.15) is 0 Å². The molecule has 5 nitrogen and oxygen atoms in total. The molecule has 1 aromatic carbocycles. The molecule has 1 aliphatic carbocycles. The second kappa shape index (κ2) is 13.0. The zero-order valence-electron chi connectivity index (χ0n) is 18.7. The predicted molar refractivity (Wildman–Crippen MR) is 122 cm³/mol. The lowest BCUT2D eigenvalue weighted by Gasteiger charge is -2.23. The third kappa shape index (κ3) is 7.93. The van der Waals surface area contributed by atoms with E-state index < -0.39 is 6.10 Å². The molecule has 1 fully saturated rings. The zero-order valence-corrected chi connectivity index (χ0v) is 18.7. The van der Waals surface area contributed by atoms with Crippen molar-refractivity contribution in [1.82, 2.24) is 10.2 Å². The van der Waals surface area contributed by atoms with Gasteiger partial charge in [0.2, 0.25) is 0 Å². The number of rotatable bonds is 11. The van der Waals surface area contributed by atoms with E-state index >= 15 is 0 Å². The summed E-state index contributed by atoms with van der Waals surface area (Å²) in [6.07, 6.45) is 13.4. The number of nitrogens with one attached hydrogen (secondary N) is 1. The number of nitrogens with zero attached hydrogens (tertiary/aromatic N) is 1. The normalized spacial score (nSPS) is 19.1. The van der Waals surface area contributed by atoms with Crippen LogP contribution in [0.15, 0.2) is 29.8 Å². The molecular formula is C25H40N2O3. The Bertz CT molecular complexity index is 654. The third-order valence-electron chi connectivity index (χ3n) is 6.16. The predicted octanol–water partition coefficient (Wildman–Crippen LogP) is 4.29. The molecule has 0 aromatic heterocycles. The van der Waals surface area contributed by atoms with Gasteiger partial charge in [0.1, 0.15) is 12.7 Å². The number of β-amino-alcohol motifs (C(OH)–C–C–N with tert-alkyl or cyclic N) is 1. The van der Waals surface area contributed by atoms with Crippen LogP contribution in [0.1, 0.15) is 63.4 Å². The largest absolute Gasteiger partial charge is 0.493 e. The Morgan fingerprint density at radius 1 is 1.07 bits per heavy atom. The van der Waals surface area contributed by atoms with E-state index in [1.807, 2.05) is 12.1 Å². The number of aliphatic hydroxyl groups excluding tert-OH is 1. The van der Waals surface area contributed by atoms with Crippen LogP contribution in [0.2, 0.25) is 0 Å². The molecule has 3 rings (SSSR count). The molecule has 1 unspecified atom stereocenters. The monoisotopic (exact) mass is 416 g/mol. The molecule has 0 saturated carbocycles. The van der Waals surface area contributed by atoms with Gasteiger partial charge >= 0.3 is 0 Å². The van der Waals surface area contributed by atoms with E-state index in [2.05, 4.69) is 22.4 Å². The van der Waals surface area contributed by atoms with Crippen LogP contribution in [0.5, 0.6) is 11.5 Å². The minimum atomic E-state index is -0.483. The summed E-state index contributed by atoms with van der Waals surface area (Å²) < 4.78 is 11.4. The molecular weight excluding hydrogens is 376 g/mol. The van der Waals surface area contributed by atoms with Crippen LogP contribution >= 0.6 is 0 Å². The summed E-state index contributed by atoms with van der Waals surface area (Å²) >= 11 is 0. The first kappa shape index (κ1) is 23.1. The Morgan fingerprint density at radius 2 is 1.90 bits per heavy atom. The molecule has 1 aromatic rings. The van der Waals surface area contributed by atoms with Crippen molar-refractivity contribution < 1.29 is 14.6 Å². The van der Waals surface area contributed by atoms with Crippen LogP contribution in [-0.4, -0.2) is 56.0 Å². The molecule has 168 valence electrons. The van der Waals surface area contributed by atoms with E-state index in [0.29, 0.717) is 18.9 Å². The van der Waals surface area contributed by atoms with Crippen molar-refractivity contribution in [2.75, 3.05) is 39.9 Å². The van der Waals surface area contributed by atoms with Crippen LogP contribution in [0, 0.1) is 0 Å².